The Balaban J connectivity index is 2.19. The van der Waals surface area contributed by atoms with E-state index in [2.05, 4.69) is 4.98 Å². The lowest BCUT2D eigenvalue weighted by Gasteiger charge is -2.09. The molecule has 0 saturated heterocycles. The topological polar surface area (TPSA) is 81.1 Å². The molecule has 0 aliphatic carbocycles. The molecule has 136 valence electrons. The molecule has 0 radical (unpaired) electrons. The number of carbonyl (C=O) groups is 1. The summed E-state index contributed by atoms with van der Waals surface area (Å²) in [5, 5.41) is -0.0757. The Morgan fingerprint density at radius 2 is 1.96 bits per heavy atom. The highest BCUT2D eigenvalue weighted by Crippen LogP contribution is 2.23. The second kappa shape index (κ2) is 7.50. The van der Waals surface area contributed by atoms with Gasteiger partial charge in [-0.25, -0.2) is 18.1 Å². The molecule has 1 aromatic carbocycles. The lowest BCUT2D eigenvalue weighted by Crippen LogP contribution is -2.31. The van der Waals surface area contributed by atoms with Gasteiger partial charge in [0.2, 0.25) is 0 Å². The van der Waals surface area contributed by atoms with Gasteiger partial charge in [-0.05, 0) is 34.7 Å². The Hall–Kier alpha value is -1.34. The fraction of sp³-hybridized carbons (Fsp3) is 0.231. The van der Waals surface area contributed by atoms with E-state index in [0.717, 1.165) is 10.9 Å². The SMILES string of the molecule is O=C(NS(=O)(=O)c1ccccc1Cl)c1ncn(CCC(F)(F)F)c1I. The molecule has 2 aromatic rings. The molecule has 0 aliphatic rings. The van der Waals surface area contributed by atoms with Crippen molar-refractivity contribution in [2.75, 3.05) is 0 Å². The first-order valence-corrected chi connectivity index (χ1v) is 9.54. The van der Waals surface area contributed by atoms with Crippen LogP contribution in [0.5, 0.6) is 0 Å². The summed E-state index contributed by atoms with van der Waals surface area (Å²) in [7, 11) is -4.25. The zero-order valence-electron chi connectivity index (χ0n) is 12.2. The van der Waals surface area contributed by atoms with Gasteiger partial charge in [0.05, 0.1) is 17.8 Å². The highest BCUT2D eigenvalue weighted by molar-refractivity contribution is 14.1. The fourth-order valence-corrected chi connectivity index (χ4v) is 4.03. The van der Waals surface area contributed by atoms with Gasteiger partial charge < -0.3 is 4.57 Å². The number of halogens is 5. The van der Waals surface area contributed by atoms with Crippen LogP contribution in [0.15, 0.2) is 35.5 Å². The number of sulfonamides is 1. The van der Waals surface area contributed by atoms with E-state index in [0.29, 0.717) is 0 Å². The van der Waals surface area contributed by atoms with E-state index >= 15 is 0 Å². The summed E-state index contributed by atoms with van der Waals surface area (Å²) in [4.78, 5) is 15.5. The number of alkyl halides is 3. The maximum Gasteiger partial charge on any atom is 0.390 e. The molecule has 12 heteroatoms. The summed E-state index contributed by atoms with van der Waals surface area (Å²) in [5.74, 6) is -1.06. The number of carbonyl (C=O) groups excluding carboxylic acids is 1. The molecular weight excluding hydrogens is 498 g/mol. The van der Waals surface area contributed by atoms with Gasteiger partial charge in [-0.2, -0.15) is 13.2 Å². The molecule has 2 rings (SSSR count). The van der Waals surface area contributed by atoms with E-state index in [1.807, 2.05) is 0 Å². The normalized spacial score (nSPS) is 12.2. The molecule has 0 fully saturated rings. The monoisotopic (exact) mass is 507 g/mol. The van der Waals surface area contributed by atoms with Crippen LogP contribution in [0.4, 0.5) is 13.2 Å². The van der Waals surface area contributed by atoms with Crippen molar-refractivity contribution in [3.63, 3.8) is 0 Å². The van der Waals surface area contributed by atoms with Crippen molar-refractivity contribution in [3.8, 4) is 0 Å². The van der Waals surface area contributed by atoms with Crippen LogP contribution in [-0.2, 0) is 16.6 Å². The molecule has 6 nitrogen and oxygen atoms in total. The van der Waals surface area contributed by atoms with Gasteiger partial charge >= 0.3 is 6.18 Å². The van der Waals surface area contributed by atoms with Crippen molar-refractivity contribution < 1.29 is 26.4 Å². The van der Waals surface area contributed by atoms with Gasteiger partial charge in [-0.1, -0.05) is 23.7 Å². The third-order valence-corrected chi connectivity index (χ3v) is 5.94. The predicted octanol–water partition coefficient (Wildman–Crippen LogP) is 3.21. The van der Waals surface area contributed by atoms with Crippen LogP contribution in [0.25, 0.3) is 0 Å². The molecule has 0 atom stereocenters. The summed E-state index contributed by atoms with van der Waals surface area (Å²) in [5.41, 5.74) is -0.293. The van der Waals surface area contributed by atoms with E-state index in [4.69, 9.17) is 11.6 Å². The number of aromatic nitrogens is 2. The van der Waals surface area contributed by atoms with Crippen molar-refractivity contribution in [2.24, 2.45) is 0 Å². The Morgan fingerprint density at radius 1 is 1.32 bits per heavy atom. The number of imidazole rings is 1. The molecule has 1 N–H and O–H groups in total. The number of nitrogens with one attached hydrogen (secondary N) is 1. The van der Waals surface area contributed by atoms with Crippen LogP contribution >= 0.6 is 34.2 Å². The number of nitrogens with zero attached hydrogens (tertiary/aromatic N) is 2. The Labute approximate surface area is 159 Å². The number of rotatable bonds is 5. The molecule has 1 aromatic heterocycles. The Bertz CT molecular complexity index is 899. The van der Waals surface area contributed by atoms with Gasteiger partial charge in [-0.3, -0.25) is 4.79 Å². The minimum Gasteiger partial charge on any atom is -0.325 e. The molecule has 0 unspecified atom stereocenters. The minimum atomic E-state index is -4.36. The molecular formula is C13H10ClF3IN3O3S. The summed E-state index contributed by atoms with van der Waals surface area (Å²) in [6, 6.07) is 5.51. The number of aryl methyl sites for hydroxylation is 1. The van der Waals surface area contributed by atoms with Crippen molar-refractivity contribution in [2.45, 2.75) is 24.0 Å². The van der Waals surface area contributed by atoms with Crippen LogP contribution in [0.1, 0.15) is 16.9 Å². The van der Waals surface area contributed by atoms with Gasteiger partial charge in [0.25, 0.3) is 15.9 Å². The lowest BCUT2D eigenvalue weighted by molar-refractivity contribution is -0.136. The zero-order chi connectivity index (χ0) is 18.8. The van der Waals surface area contributed by atoms with E-state index < -0.39 is 35.1 Å². The molecule has 0 spiro atoms. The van der Waals surface area contributed by atoms with E-state index in [-0.39, 0.29) is 19.3 Å². The van der Waals surface area contributed by atoms with E-state index in [9.17, 15) is 26.4 Å². The third-order valence-electron chi connectivity index (χ3n) is 2.98. The first-order valence-electron chi connectivity index (χ1n) is 6.60. The van der Waals surface area contributed by atoms with Crippen LogP contribution in [0.3, 0.4) is 0 Å². The lowest BCUT2D eigenvalue weighted by atomic mass is 10.4. The predicted molar refractivity (Wildman–Crippen MR) is 91.7 cm³/mol. The molecule has 1 heterocycles. The van der Waals surface area contributed by atoms with Crippen molar-refractivity contribution in [3.05, 3.63) is 45.0 Å². The average Bonchev–Trinajstić information content (AvgIpc) is 2.85. The van der Waals surface area contributed by atoms with Gasteiger partial charge in [0, 0.05) is 6.54 Å². The van der Waals surface area contributed by atoms with Crippen LogP contribution in [-0.4, -0.2) is 30.1 Å². The Morgan fingerprint density at radius 3 is 2.56 bits per heavy atom. The van der Waals surface area contributed by atoms with Crippen LogP contribution < -0.4 is 4.72 Å². The smallest absolute Gasteiger partial charge is 0.325 e. The standard InChI is InChI=1S/C13H10ClF3IN3O3S/c14-8-3-1-2-4-9(8)25(23,24)20-12(22)10-11(18)21(7-19-10)6-5-13(15,16)17/h1-4,7H,5-6H2,(H,20,22). The van der Waals surface area contributed by atoms with Gasteiger partial charge in [0.15, 0.2) is 5.69 Å². The second-order valence-corrected chi connectivity index (χ2v) is 7.89. The summed E-state index contributed by atoms with van der Waals surface area (Å²) < 4.78 is 64.3. The van der Waals surface area contributed by atoms with Crippen LogP contribution in [0.2, 0.25) is 5.02 Å². The summed E-state index contributed by atoms with van der Waals surface area (Å²) >= 11 is 7.43. The third kappa shape index (κ3) is 5.07. The highest BCUT2D eigenvalue weighted by atomic mass is 127. The number of benzene rings is 1. The number of hydrogen-bond acceptors (Lipinski definition) is 4. The number of hydrogen-bond donors (Lipinski definition) is 1. The van der Waals surface area contributed by atoms with Crippen molar-refractivity contribution >= 4 is 50.1 Å². The van der Waals surface area contributed by atoms with E-state index in [1.54, 1.807) is 27.3 Å². The second-order valence-electron chi connectivity index (χ2n) is 4.81. The summed E-state index contributed by atoms with van der Waals surface area (Å²) in [6.07, 6.45) is -4.41. The molecule has 0 aliphatic heterocycles. The first kappa shape index (κ1) is 20.0. The molecule has 25 heavy (non-hydrogen) atoms. The maximum absolute atomic E-state index is 12.3. The van der Waals surface area contributed by atoms with Gasteiger partial charge in [0.1, 0.15) is 8.60 Å². The van der Waals surface area contributed by atoms with Gasteiger partial charge in [-0.15, -0.1) is 0 Å². The highest BCUT2D eigenvalue weighted by Gasteiger charge is 2.28. The maximum atomic E-state index is 12.3. The largest absolute Gasteiger partial charge is 0.390 e. The quantitative estimate of drug-likeness (QED) is 0.631. The average molecular weight is 508 g/mol. The summed E-state index contributed by atoms with van der Waals surface area (Å²) in [6.45, 7) is -0.431. The number of amides is 1. The molecule has 0 saturated carbocycles. The van der Waals surface area contributed by atoms with Crippen molar-refractivity contribution in [1.29, 1.82) is 0 Å². The Kier molecular flexibility index (Phi) is 5.99. The molecule has 0 bridgehead atoms. The minimum absolute atomic E-state index is 0.0757. The molecule has 1 amide bonds. The zero-order valence-corrected chi connectivity index (χ0v) is 15.9. The fourth-order valence-electron chi connectivity index (χ4n) is 1.81. The van der Waals surface area contributed by atoms with Crippen LogP contribution in [0, 0.1) is 3.70 Å². The first-order chi connectivity index (χ1) is 11.5. The van der Waals surface area contributed by atoms with E-state index in [1.165, 1.54) is 24.3 Å². The van der Waals surface area contributed by atoms with Crippen molar-refractivity contribution in [1.82, 2.24) is 14.3 Å².